The van der Waals surface area contributed by atoms with Crippen molar-refractivity contribution in [3.8, 4) is 0 Å². The van der Waals surface area contributed by atoms with Crippen molar-refractivity contribution in [2.45, 2.75) is 30.2 Å². The van der Waals surface area contributed by atoms with E-state index in [2.05, 4.69) is 0 Å². The Balaban J connectivity index is 2.05. The fraction of sp³-hybridized carbons (Fsp3) is 0.500. The Morgan fingerprint density at radius 3 is 2.67 bits per heavy atom. The molecule has 6 heteroatoms. The number of hydrogen-bond donors (Lipinski definition) is 1. The molecule has 1 aromatic carbocycles. The number of piperidine rings is 1. The number of hydrogen-bond acceptors (Lipinski definition) is 3. The second kappa shape index (κ2) is 4.11. The number of nitrogens with zero attached hydrogens (tertiary/aromatic N) is 1. The minimum atomic E-state index is -3.55. The first-order valence-corrected chi connectivity index (χ1v) is 7.88. The van der Waals surface area contributed by atoms with Crippen LogP contribution < -0.4 is 5.73 Å². The van der Waals surface area contributed by atoms with Gasteiger partial charge in [0.25, 0.3) is 0 Å². The first kappa shape index (κ1) is 12.3. The van der Waals surface area contributed by atoms with E-state index in [0.717, 1.165) is 19.3 Å². The molecule has 18 heavy (non-hydrogen) atoms. The molecule has 2 bridgehead atoms. The number of rotatable bonds is 2. The number of benzene rings is 1. The molecule has 0 radical (unpaired) electrons. The molecule has 2 aliphatic rings. The quantitative estimate of drug-likeness (QED) is 0.847. The van der Waals surface area contributed by atoms with Crippen LogP contribution in [0.2, 0.25) is 5.02 Å². The lowest BCUT2D eigenvalue weighted by Gasteiger charge is -2.27. The Kier molecular flexibility index (Phi) is 2.80. The van der Waals surface area contributed by atoms with E-state index in [1.807, 2.05) is 0 Å². The lowest BCUT2D eigenvalue weighted by molar-refractivity contribution is 0.333. The van der Waals surface area contributed by atoms with E-state index in [1.165, 1.54) is 0 Å². The fourth-order valence-electron chi connectivity index (χ4n) is 3.09. The minimum absolute atomic E-state index is 0.0687. The monoisotopic (exact) mass is 286 g/mol. The maximum Gasteiger partial charge on any atom is 0.246 e. The molecule has 0 amide bonds. The predicted molar refractivity (Wildman–Crippen MR) is 70.9 cm³/mol. The maximum atomic E-state index is 12.6. The van der Waals surface area contributed by atoms with Crippen LogP contribution in [0.1, 0.15) is 19.3 Å². The van der Waals surface area contributed by atoms with Gasteiger partial charge in [-0.2, -0.15) is 4.31 Å². The highest BCUT2D eigenvalue weighted by Gasteiger charge is 2.45. The van der Waals surface area contributed by atoms with Gasteiger partial charge in [0, 0.05) is 12.6 Å². The first-order chi connectivity index (χ1) is 8.50. The lowest BCUT2D eigenvalue weighted by atomic mass is 10.1. The third-order valence-corrected chi connectivity index (χ3v) is 6.39. The summed E-state index contributed by atoms with van der Waals surface area (Å²) in [5.74, 6) is 0.508. The van der Waals surface area contributed by atoms with Crippen LogP contribution in [-0.4, -0.2) is 25.3 Å². The van der Waals surface area contributed by atoms with Crippen molar-refractivity contribution in [3.63, 3.8) is 0 Å². The van der Waals surface area contributed by atoms with Crippen LogP contribution in [0.3, 0.4) is 0 Å². The molecule has 98 valence electrons. The highest BCUT2D eigenvalue weighted by atomic mass is 35.5. The zero-order valence-corrected chi connectivity index (χ0v) is 11.4. The highest BCUT2D eigenvalue weighted by Crippen LogP contribution is 2.42. The zero-order valence-electron chi connectivity index (χ0n) is 9.84. The number of nitrogen functional groups attached to an aromatic ring is 1. The van der Waals surface area contributed by atoms with E-state index in [4.69, 9.17) is 17.3 Å². The molecule has 3 rings (SSSR count). The normalized spacial score (nSPS) is 27.8. The molecular formula is C12H15ClN2O2S. The van der Waals surface area contributed by atoms with Crippen molar-refractivity contribution >= 4 is 27.3 Å². The van der Waals surface area contributed by atoms with Gasteiger partial charge in [-0.3, -0.25) is 0 Å². The highest BCUT2D eigenvalue weighted by molar-refractivity contribution is 7.89. The molecule has 1 saturated carbocycles. The van der Waals surface area contributed by atoms with Crippen molar-refractivity contribution in [2.24, 2.45) is 5.92 Å². The Hall–Kier alpha value is -0.780. The Bertz CT molecular complexity index is 567. The minimum Gasteiger partial charge on any atom is -0.398 e. The molecule has 1 aromatic rings. The third-order valence-electron chi connectivity index (χ3n) is 3.92. The summed E-state index contributed by atoms with van der Waals surface area (Å²) in [7, 11) is -3.55. The van der Waals surface area contributed by atoms with Gasteiger partial charge in [-0.1, -0.05) is 17.7 Å². The Morgan fingerprint density at radius 2 is 2.11 bits per heavy atom. The van der Waals surface area contributed by atoms with Gasteiger partial charge in [-0.15, -0.1) is 0 Å². The molecule has 1 heterocycles. The average Bonchev–Trinajstić information content (AvgIpc) is 2.90. The number of anilines is 1. The van der Waals surface area contributed by atoms with Crippen molar-refractivity contribution < 1.29 is 8.42 Å². The molecular weight excluding hydrogens is 272 g/mol. The second-order valence-electron chi connectivity index (χ2n) is 5.07. The van der Waals surface area contributed by atoms with E-state index in [1.54, 1.807) is 22.5 Å². The predicted octanol–water partition coefficient (Wildman–Crippen LogP) is 2.10. The number of fused-ring (bicyclic) bond motifs is 2. The van der Waals surface area contributed by atoms with Gasteiger partial charge in [-0.25, -0.2) is 8.42 Å². The van der Waals surface area contributed by atoms with Gasteiger partial charge >= 0.3 is 0 Å². The van der Waals surface area contributed by atoms with Crippen molar-refractivity contribution in [2.75, 3.05) is 12.3 Å². The molecule has 2 atom stereocenters. The van der Waals surface area contributed by atoms with Crippen LogP contribution in [0, 0.1) is 5.92 Å². The average molecular weight is 287 g/mol. The maximum absolute atomic E-state index is 12.6. The van der Waals surface area contributed by atoms with Crippen molar-refractivity contribution in [1.29, 1.82) is 0 Å². The van der Waals surface area contributed by atoms with Gasteiger partial charge in [0.05, 0.1) is 10.7 Å². The van der Waals surface area contributed by atoms with Crippen molar-refractivity contribution in [1.82, 2.24) is 4.31 Å². The summed E-state index contributed by atoms with van der Waals surface area (Å²) in [6.45, 7) is 0.609. The van der Waals surface area contributed by atoms with Crippen LogP contribution in [0.15, 0.2) is 23.1 Å². The topological polar surface area (TPSA) is 63.4 Å². The van der Waals surface area contributed by atoms with Gasteiger partial charge in [-0.05, 0) is 37.3 Å². The van der Waals surface area contributed by atoms with E-state index in [0.29, 0.717) is 12.5 Å². The largest absolute Gasteiger partial charge is 0.398 e. The summed E-state index contributed by atoms with van der Waals surface area (Å²) in [6, 6.07) is 4.94. The lowest BCUT2D eigenvalue weighted by Crippen LogP contribution is -2.38. The van der Waals surface area contributed by atoms with E-state index in [-0.39, 0.29) is 21.6 Å². The summed E-state index contributed by atoms with van der Waals surface area (Å²) >= 11 is 6.01. The number of halogens is 1. The molecule has 0 spiro atoms. The van der Waals surface area contributed by atoms with Crippen LogP contribution in [-0.2, 0) is 10.0 Å². The smallest absolute Gasteiger partial charge is 0.246 e. The van der Waals surface area contributed by atoms with Crippen molar-refractivity contribution in [3.05, 3.63) is 23.2 Å². The van der Waals surface area contributed by atoms with E-state index < -0.39 is 10.0 Å². The number of nitrogens with two attached hydrogens (primary N) is 1. The van der Waals surface area contributed by atoms with E-state index in [9.17, 15) is 8.42 Å². The Labute approximate surface area is 112 Å². The molecule has 1 saturated heterocycles. The summed E-state index contributed by atoms with van der Waals surface area (Å²) in [5.41, 5.74) is 6.01. The summed E-state index contributed by atoms with van der Waals surface area (Å²) in [6.07, 6.45) is 3.06. The third kappa shape index (κ3) is 1.73. The van der Waals surface area contributed by atoms with Gasteiger partial charge < -0.3 is 5.73 Å². The standard InChI is InChI=1S/C12H15ClN2O2S/c13-10-2-1-3-11(14)12(10)18(16,17)15-7-8-4-5-9(15)6-8/h1-3,8-9H,4-7,14H2. The molecule has 0 aromatic heterocycles. The molecule has 2 unspecified atom stereocenters. The van der Waals surface area contributed by atoms with Gasteiger partial charge in [0.1, 0.15) is 4.90 Å². The van der Waals surface area contributed by atoms with Gasteiger partial charge in [0.2, 0.25) is 10.0 Å². The van der Waals surface area contributed by atoms with Crippen LogP contribution in [0.5, 0.6) is 0 Å². The molecule has 4 nitrogen and oxygen atoms in total. The van der Waals surface area contributed by atoms with Crippen LogP contribution in [0.4, 0.5) is 5.69 Å². The number of sulfonamides is 1. The SMILES string of the molecule is Nc1cccc(Cl)c1S(=O)(=O)N1CC2CCC1C2. The summed E-state index contributed by atoms with van der Waals surface area (Å²) < 4.78 is 26.8. The molecule has 2 fully saturated rings. The van der Waals surface area contributed by atoms with Gasteiger partial charge in [0.15, 0.2) is 0 Å². The molecule has 1 aliphatic carbocycles. The van der Waals surface area contributed by atoms with E-state index >= 15 is 0 Å². The molecule has 2 N–H and O–H groups in total. The zero-order chi connectivity index (χ0) is 12.9. The first-order valence-electron chi connectivity index (χ1n) is 6.06. The molecule has 1 aliphatic heterocycles. The van der Waals surface area contributed by atoms with Crippen LogP contribution >= 0.6 is 11.6 Å². The second-order valence-corrected chi connectivity index (χ2v) is 7.30. The summed E-state index contributed by atoms with van der Waals surface area (Å²) in [5, 5.41) is 0.206. The summed E-state index contributed by atoms with van der Waals surface area (Å²) in [4.78, 5) is 0.0687. The fourth-order valence-corrected chi connectivity index (χ4v) is 5.47. The van der Waals surface area contributed by atoms with Crippen LogP contribution in [0.25, 0.3) is 0 Å². The Morgan fingerprint density at radius 1 is 1.33 bits per heavy atom.